The fourth-order valence-electron chi connectivity index (χ4n) is 3.29. The summed E-state index contributed by atoms with van der Waals surface area (Å²) in [5.74, 6) is 0.258. The standard InChI is InChI=1S/C22H18F3NO5S/c1-13-2-8-16(9-3-13)32(28,29)26-21(14-4-6-15(7-5-14)22(23,24)25)17-10-19-20(11-18(17)27)31-12-30-19/h2-11,21,26-27H,12H2,1H3. The van der Waals surface area contributed by atoms with Crippen molar-refractivity contribution < 1.29 is 36.2 Å². The van der Waals surface area contributed by atoms with Gasteiger partial charge in [-0.2, -0.15) is 17.9 Å². The number of alkyl halides is 3. The summed E-state index contributed by atoms with van der Waals surface area (Å²) in [6.07, 6.45) is -4.55. The molecule has 4 rings (SSSR count). The van der Waals surface area contributed by atoms with E-state index in [-0.39, 0.29) is 40.1 Å². The average molecular weight is 465 g/mol. The fourth-order valence-corrected chi connectivity index (χ4v) is 4.50. The van der Waals surface area contributed by atoms with Crippen LogP contribution in [-0.4, -0.2) is 20.3 Å². The largest absolute Gasteiger partial charge is 0.507 e. The Morgan fingerprint density at radius 3 is 2.16 bits per heavy atom. The molecule has 1 aliphatic heterocycles. The topological polar surface area (TPSA) is 84.9 Å². The van der Waals surface area contributed by atoms with Gasteiger partial charge in [0.15, 0.2) is 11.5 Å². The van der Waals surface area contributed by atoms with E-state index in [1.54, 1.807) is 19.1 Å². The zero-order chi connectivity index (χ0) is 23.1. The highest BCUT2D eigenvalue weighted by Gasteiger charge is 2.32. The summed E-state index contributed by atoms with van der Waals surface area (Å²) in [6, 6.07) is 11.6. The number of rotatable bonds is 5. The van der Waals surface area contributed by atoms with Crippen molar-refractivity contribution in [2.24, 2.45) is 0 Å². The molecule has 32 heavy (non-hydrogen) atoms. The van der Waals surface area contributed by atoms with Crippen LogP contribution < -0.4 is 14.2 Å². The number of aryl methyl sites for hydroxylation is 1. The van der Waals surface area contributed by atoms with Crippen molar-refractivity contribution in [3.63, 3.8) is 0 Å². The summed E-state index contributed by atoms with van der Waals surface area (Å²) in [7, 11) is -4.10. The lowest BCUT2D eigenvalue weighted by Crippen LogP contribution is -2.29. The maximum absolute atomic E-state index is 13.0. The molecule has 1 atom stereocenters. The molecule has 0 saturated heterocycles. The van der Waals surface area contributed by atoms with Gasteiger partial charge < -0.3 is 14.6 Å². The first-order valence-corrected chi connectivity index (χ1v) is 10.9. The first kappa shape index (κ1) is 22.0. The Labute approximate surface area is 182 Å². The normalized spacial score (nSPS) is 14.4. The number of phenolic OH excluding ortho intramolecular Hbond substituents is 1. The van der Waals surface area contributed by atoms with Crippen molar-refractivity contribution in [2.45, 2.75) is 24.0 Å². The molecule has 0 amide bonds. The molecule has 1 heterocycles. The van der Waals surface area contributed by atoms with Crippen LogP contribution in [0.2, 0.25) is 0 Å². The molecule has 2 N–H and O–H groups in total. The van der Waals surface area contributed by atoms with Crippen LogP contribution in [0.15, 0.2) is 65.6 Å². The van der Waals surface area contributed by atoms with Gasteiger partial charge in [0.2, 0.25) is 16.8 Å². The van der Waals surface area contributed by atoms with Crippen molar-refractivity contribution in [3.8, 4) is 17.2 Å². The lowest BCUT2D eigenvalue weighted by molar-refractivity contribution is -0.137. The van der Waals surface area contributed by atoms with E-state index in [9.17, 15) is 26.7 Å². The second-order valence-electron chi connectivity index (χ2n) is 7.25. The molecular weight excluding hydrogens is 447 g/mol. The van der Waals surface area contributed by atoms with Crippen molar-refractivity contribution in [1.29, 1.82) is 0 Å². The molecular formula is C22H18F3NO5S. The number of hydrogen-bond donors (Lipinski definition) is 2. The van der Waals surface area contributed by atoms with E-state index in [1.165, 1.54) is 24.3 Å². The SMILES string of the molecule is Cc1ccc(S(=O)(=O)NC(c2ccc(C(F)(F)F)cc2)c2cc3c(cc2O)OCO3)cc1. The highest BCUT2D eigenvalue weighted by Crippen LogP contribution is 2.42. The predicted octanol–water partition coefficient (Wildman–Crippen LogP) is 4.52. The zero-order valence-corrected chi connectivity index (χ0v) is 17.5. The monoisotopic (exact) mass is 465 g/mol. The first-order valence-electron chi connectivity index (χ1n) is 9.43. The average Bonchev–Trinajstić information content (AvgIpc) is 3.18. The van der Waals surface area contributed by atoms with Gasteiger partial charge in [0.05, 0.1) is 16.5 Å². The van der Waals surface area contributed by atoms with Gasteiger partial charge in [-0.25, -0.2) is 8.42 Å². The van der Waals surface area contributed by atoms with Crippen LogP contribution in [0.3, 0.4) is 0 Å². The number of benzene rings is 3. The van der Waals surface area contributed by atoms with Crippen LogP contribution in [0.4, 0.5) is 13.2 Å². The minimum Gasteiger partial charge on any atom is -0.507 e. The number of nitrogens with one attached hydrogen (secondary N) is 1. The fraction of sp³-hybridized carbons (Fsp3) is 0.182. The first-order chi connectivity index (χ1) is 15.0. The van der Waals surface area contributed by atoms with E-state index in [1.807, 2.05) is 0 Å². The Kier molecular flexibility index (Phi) is 5.51. The molecule has 0 aromatic heterocycles. The summed E-state index contributed by atoms with van der Waals surface area (Å²) >= 11 is 0. The molecule has 1 unspecified atom stereocenters. The number of halogens is 3. The second kappa shape index (κ2) is 8.03. The molecule has 3 aromatic rings. The Morgan fingerprint density at radius 1 is 0.969 bits per heavy atom. The summed E-state index contributed by atoms with van der Waals surface area (Å²) in [6.45, 7) is 1.73. The minimum atomic E-state index is -4.55. The van der Waals surface area contributed by atoms with E-state index >= 15 is 0 Å². The van der Waals surface area contributed by atoms with Crippen LogP contribution in [0.25, 0.3) is 0 Å². The zero-order valence-electron chi connectivity index (χ0n) is 16.7. The third-order valence-corrected chi connectivity index (χ3v) is 6.45. The van der Waals surface area contributed by atoms with Crippen LogP contribution in [0, 0.1) is 6.92 Å². The number of aromatic hydroxyl groups is 1. The van der Waals surface area contributed by atoms with Crippen molar-refractivity contribution in [2.75, 3.05) is 6.79 Å². The van der Waals surface area contributed by atoms with Gasteiger partial charge in [0.1, 0.15) is 5.75 Å². The van der Waals surface area contributed by atoms with Crippen molar-refractivity contribution >= 4 is 10.0 Å². The van der Waals surface area contributed by atoms with Crippen LogP contribution in [-0.2, 0) is 16.2 Å². The van der Waals surface area contributed by atoms with Gasteiger partial charge in [0, 0.05) is 11.6 Å². The molecule has 0 spiro atoms. The maximum Gasteiger partial charge on any atom is 0.416 e. The Hall–Kier alpha value is -3.24. The van der Waals surface area contributed by atoms with Gasteiger partial charge in [-0.15, -0.1) is 0 Å². The Bertz CT molecular complexity index is 1240. The highest BCUT2D eigenvalue weighted by atomic mass is 32.2. The molecule has 0 aliphatic carbocycles. The van der Waals surface area contributed by atoms with E-state index < -0.39 is 27.8 Å². The molecule has 0 radical (unpaired) electrons. The molecule has 168 valence electrons. The highest BCUT2D eigenvalue weighted by molar-refractivity contribution is 7.89. The minimum absolute atomic E-state index is 0.0276. The summed E-state index contributed by atoms with van der Waals surface area (Å²) in [5.41, 5.74) is 0.278. The van der Waals surface area contributed by atoms with Crippen LogP contribution >= 0.6 is 0 Å². The quantitative estimate of drug-likeness (QED) is 0.579. The number of ether oxygens (including phenoxy) is 2. The van der Waals surface area contributed by atoms with Crippen molar-refractivity contribution in [3.05, 3.63) is 82.9 Å². The third-order valence-electron chi connectivity index (χ3n) is 5.01. The van der Waals surface area contributed by atoms with Gasteiger partial charge in [-0.05, 0) is 42.8 Å². The van der Waals surface area contributed by atoms with Crippen LogP contribution in [0.1, 0.15) is 28.3 Å². The lowest BCUT2D eigenvalue weighted by Gasteiger charge is -2.22. The molecule has 0 saturated carbocycles. The van der Waals surface area contributed by atoms with E-state index in [0.717, 1.165) is 29.8 Å². The van der Waals surface area contributed by atoms with Gasteiger partial charge in [0.25, 0.3) is 0 Å². The Balaban J connectivity index is 1.79. The maximum atomic E-state index is 13.0. The summed E-state index contributed by atoms with van der Waals surface area (Å²) in [4.78, 5) is -0.0276. The lowest BCUT2D eigenvalue weighted by atomic mass is 9.97. The number of phenols is 1. The molecule has 3 aromatic carbocycles. The Morgan fingerprint density at radius 2 is 1.56 bits per heavy atom. The van der Waals surface area contributed by atoms with Gasteiger partial charge in [-0.1, -0.05) is 29.8 Å². The van der Waals surface area contributed by atoms with E-state index in [4.69, 9.17) is 9.47 Å². The van der Waals surface area contributed by atoms with E-state index in [0.29, 0.717) is 0 Å². The second-order valence-corrected chi connectivity index (χ2v) is 8.97. The summed E-state index contributed by atoms with van der Waals surface area (Å²) in [5, 5.41) is 10.5. The molecule has 6 nitrogen and oxygen atoms in total. The smallest absolute Gasteiger partial charge is 0.416 e. The number of sulfonamides is 1. The molecule has 10 heteroatoms. The van der Waals surface area contributed by atoms with E-state index in [2.05, 4.69) is 4.72 Å². The predicted molar refractivity (Wildman–Crippen MR) is 109 cm³/mol. The molecule has 0 fully saturated rings. The number of hydrogen-bond acceptors (Lipinski definition) is 5. The van der Waals surface area contributed by atoms with Crippen LogP contribution in [0.5, 0.6) is 17.2 Å². The molecule has 0 bridgehead atoms. The van der Waals surface area contributed by atoms with Gasteiger partial charge >= 0.3 is 6.18 Å². The van der Waals surface area contributed by atoms with Gasteiger partial charge in [-0.3, -0.25) is 0 Å². The number of fused-ring (bicyclic) bond motifs is 1. The third kappa shape index (κ3) is 4.37. The summed E-state index contributed by atoms with van der Waals surface area (Å²) < 4.78 is 78.1. The van der Waals surface area contributed by atoms with Crippen molar-refractivity contribution in [1.82, 2.24) is 4.72 Å². The molecule has 1 aliphatic rings.